The lowest BCUT2D eigenvalue weighted by atomic mass is 9.86. The van der Waals surface area contributed by atoms with E-state index in [1.54, 1.807) is 27.0 Å². The van der Waals surface area contributed by atoms with Gasteiger partial charge < -0.3 is 20.1 Å². The molecule has 1 aliphatic carbocycles. The van der Waals surface area contributed by atoms with Crippen molar-refractivity contribution in [3.05, 3.63) is 64.8 Å². The average molecular weight is 609 g/mol. The molecule has 10 nitrogen and oxygen atoms in total. The average Bonchev–Trinajstić information content (AvgIpc) is 3.28. The highest BCUT2D eigenvalue weighted by molar-refractivity contribution is 6.30. The predicted octanol–water partition coefficient (Wildman–Crippen LogP) is 5.55. The van der Waals surface area contributed by atoms with Gasteiger partial charge in [0.2, 0.25) is 11.8 Å². The number of hydrogen-bond donors (Lipinski definition) is 2. The lowest BCUT2D eigenvalue weighted by Gasteiger charge is -2.28. The van der Waals surface area contributed by atoms with Crippen LogP contribution in [0.1, 0.15) is 83.4 Å². The number of ether oxygens (including phenoxy) is 2. The van der Waals surface area contributed by atoms with Crippen LogP contribution in [0, 0.1) is 5.92 Å². The van der Waals surface area contributed by atoms with E-state index in [2.05, 4.69) is 30.4 Å². The Hall–Kier alpha value is -3.66. The van der Waals surface area contributed by atoms with Gasteiger partial charge in [0.05, 0.1) is 5.69 Å². The number of carbonyl (C=O) groups is 2. The van der Waals surface area contributed by atoms with E-state index in [9.17, 15) is 9.59 Å². The highest BCUT2D eigenvalue weighted by Crippen LogP contribution is 2.37. The van der Waals surface area contributed by atoms with Gasteiger partial charge in [-0.1, -0.05) is 31.5 Å². The van der Waals surface area contributed by atoms with Crippen molar-refractivity contribution in [1.82, 2.24) is 30.4 Å². The van der Waals surface area contributed by atoms with E-state index >= 15 is 0 Å². The maximum atomic E-state index is 13.5. The second-order valence-corrected chi connectivity index (χ2v) is 13.3. The van der Waals surface area contributed by atoms with E-state index < -0.39 is 17.7 Å². The van der Waals surface area contributed by atoms with Gasteiger partial charge >= 0.3 is 6.09 Å². The van der Waals surface area contributed by atoms with Crippen LogP contribution in [-0.2, 0) is 22.4 Å². The lowest BCUT2D eigenvalue weighted by molar-refractivity contribution is -0.124. The van der Waals surface area contributed by atoms with Crippen LogP contribution >= 0.6 is 11.6 Å². The van der Waals surface area contributed by atoms with Crippen molar-refractivity contribution in [3.8, 4) is 11.6 Å². The maximum Gasteiger partial charge on any atom is 0.408 e. The number of aromatic nitrogens is 4. The van der Waals surface area contributed by atoms with E-state index in [-0.39, 0.29) is 29.9 Å². The number of nitrogens with one attached hydrogen (secondary N) is 2. The van der Waals surface area contributed by atoms with E-state index in [1.807, 2.05) is 50.2 Å². The first kappa shape index (κ1) is 30.8. The monoisotopic (exact) mass is 608 g/mol. The molecule has 1 aromatic carbocycles. The minimum Gasteiger partial charge on any atom is -0.474 e. The highest BCUT2D eigenvalue weighted by Gasteiger charge is 2.34. The third kappa shape index (κ3) is 7.65. The van der Waals surface area contributed by atoms with Gasteiger partial charge in [0.1, 0.15) is 29.4 Å². The van der Waals surface area contributed by atoms with Crippen molar-refractivity contribution in [1.29, 1.82) is 0 Å². The molecule has 2 aliphatic rings. The van der Waals surface area contributed by atoms with E-state index in [0.29, 0.717) is 23.7 Å². The van der Waals surface area contributed by atoms with E-state index in [1.165, 1.54) is 0 Å². The molecule has 0 bridgehead atoms. The summed E-state index contributed by atoms with van der Waals surface area (Å²) in [5.74, 6) is 2.17. The van der Waals surface area contributed by atoms with Gasteiger partial charge in [-0.15, -0.1) is 10.2 Å². The summed E-state index contributed by atoms with van der Waals surface area (Å²) in [4.78, 5) is 30.3. The Kier molecular flexibility index (Phi) is 9.25. The summed E-state index contributed by atoms with van der Waals surface area (Å²) in [5, 5.41) is 15.9. The Labute approximate surface area is 257 Å². The molecule has 3 heterocycles. The highest BCUT2D eigenvalue weighted by atomic mass is 35.5. The maximum absolute atomic E-state index is 13.5. The number of rotatable bonds is 7. The normalized spacial score (nSPS) is 20.8. The van der Waals surface area contributed by atoms with Gasteiger partial charge in [-0.3, -0.25) is 9.36 Å². The number of amides is 2. The molecule has 3 aromatic rings. The van der Waals surface area contributed by atoms with Gasteiger partial charge in [0.25, 0.3) is 0 Å². The summed E-state index contributed by atoms with van der Waals surface area (Å²) in [5.41, 5.74) is 1.32. The zero-order chi connectivity index (χ0) is 30.7. The zero-order valence-corrected chi connectivity index (χ0v) is 26.2. The van der Waals surface area contributed by atoms with Crippen LogP contribution < -0.4 is 15.4 Å². The Morgan fingerprint density at radius 2 is 1.81 bits per heavy atom. The summed E-state index contributed by atoms with van der Waals surface area (Å²) < 4.78 is 13.7. The van der Waals surface area contributed by atoms with Crippen LogP contribution in [0.3, 0.4) is 0 Å². The summed E-state index contributed by atoms with van der Waals surface area (Å²) in [6.07, 6.45) is 5.93. The second kappa shape index (κ2) is 12.9. The number of halogens is 1. The lowest BCUT2D eigenvalue weighted by Crippen LogP contribution is -2.53. The second-order valence-electron chi connectivity index (χ2n) is 12.8. The molecule has 1 fully saturated rings. The van der Waals surface area contributed by atoms with Crippen LogP contribution in [0.15, 0.2) is 42.6 Å². The molecule has 2 atom stereocenters. The Bertz CT molecular complexity index is 1430. The zero-order valence-electron chi connectivity index (χ0n) is 25.5. The van der Waals surface area contributed by atoms with Gasteiger partial charge in [-0.2, -0.15) is 0 Å². The molecule has 2 N–H and O–H groups in total. The first-order valence-electron chi connectivity index (χ1n) is 15.1. The first-order valence-corrected chi connectivity index (χ1v) is 15.4. The minimum absolute atomic E-state index is 0.117. The standard InChI is InChI=1S/C32H41ClN6O4/c1-19(2)28(36-31(41)43-32(3,4)5)30(40)35-23-17-21-16-22(33)11-14-25(21)39-26(18-23)37-38-29(39)20-9-12-24(13-10-20)42-27-8-6-7-15-34-27/h6-8,11,14-16,19-20,23-24,28H,9-10,12-13,17-18H2,1-5H3,(H,35,40)(H,36,41)/t20?,23-,24?,28-/m1/s1. The molecule has 5 rings (SSSR count). The van der Waals surface area contributed by atoms with E-state index in [0.717, 1.165) is 48.6 Å². The third-order valence-corrected chi connectivity index (χ3v) is 8.10. The molecule has 0 spiro atoms. The fourth-order valence-electron chi connectivity index (χ4n) is 5.87. The Morgan fingerprint density at radius 3 is 2.49 bits per heavy atom. The summed E-state index contributed by atoms with van der Waals surface area (Å²) >= 11 is 6.45. The third-order valence-electron chi connectivity index (χ3n) is 7.87. The molecule has 0 saturated heterocycles. The number of hydrogen-bond acceptors (Lipinski definition) is 7. The SMILES string of the molecule is CC(C)[C@@H](NC(=O)OC(C)(C)C)C(=O)N[C@@H]1Cc2cc(Cl)ccc2-n2c(nnc2C2CCC(Oc3ccccn3)CC2)C1. The number of nitrogens with zero attached hydrogens (tertiary/aromatic N) is 4. The molecular weight excluding hydrogens is 568 g/mol. The topological polar surface area (TPSA) is 120 Å². The van der Waals surface area contributed by atoms with Crippen LogP contribution in [0.2, 0.25) is 5.02 Å². The van der Waals surface area contributed by atoms with Gasteiger partial charge in [0, 0.05) is 35.7 Å². The summed E-state index contributed by atoms with van der Waals surface area (Å²) in [7, 11) is 0. The van der Waals surface area contributed by atoms with Crippen molar-refractivity contribution >= 4 is 23.6 Å². The molecule has 230 valence electrons. The number of fused-ring (bicyclic) bond motifs is 3. The fraction of sp³-hybridized carbons (Fsp3) is 0.531. The number of pyridine rings is 1. The predicted molar refractivity (Wildman–Crippen MR) is 164 cm³/mol. The molecule has 1 aliphatic heterocycles. The van der Waals surface area contributed by atoms with Crippen molar-refractivity contribution in [2.45, 2.75) is 103 Å². The van der Waals surface area contributed by atoms with Gasteiger partial charge in [0.15, 0.2) is 0 Å². The van der Waals surface area contributed by atoms with Crippen molar-refractivity contribution in [2.24, 2.45) is 5.92 Å². The summed E-state index contributed by atoms with van der Waals surface area (Å²) in [6, 6.07) is 10.5. The molecule has 2 amide bonds. The van der Waals surface area contributed by atoms with Crippen molar-refractivity contribution in [2.75, 3.05) is 0 Å². The summed E-state index contributed by atoms with van der Waals surface area (Å²) in [6.45, 7) is 9.15. The number of benzene rings is 1. The van der Waals surface area contributed by atoms with Crippen molar-refractivity contribution in [3.63, 3.8) is 0 Å². The molecule has 0 radical (unpaired) electrons. The van der Waals surface area contributed by atoms with Crippen LogP contribution in [-0.4, -0.2) is 55.5 Å². The molecule has 43 heavy (non-hydrogen) atoms. The largest absolute Gasteiger partial charge is 0.474 e. The molecule has 1 saturated carbocycles. The number of carbonyl (C=O) groups excluding carboxylic acids is 2. The van der Waals surface area contributed by atoms with Crippen LogP contribution in [0.4, 0.5) is 4.79 Å². The fourth-order valence-corrected chi connectivity index (χ4v) is 6.07. The van der Waals surface area contributed by atoms with Crippen molar-refractivity contribution < 1.29 is 19.1 Å². The van der Waals surface area contributed by atoms with Gasteiger partial charge in [-0.05, 0) is 88.6 Å². The van der Waals surface area contributed by atoms with E-state index in [4.69, 9.17) is 21.1 Å². The number of alkyl carbamates (subject to hydrolysis) is 1. The quantitative estimate of drug-likeness (QED) is 0.361. The smallest absolute Gasteiger partial charge is 0.408 e. The minimum atomic E-state index is -0.756. The first-order chi connectivity index (χ1) is 20.5. The Balaban J connectivity index is 1.33. The molecule has 11 heteroatoms. The molecular formula is C32H41ClN6O4. The Morgan fingerprint density at radius 1 is 1.05 bits per heavy atom. The molecule has 0 unspecified atom stereocenters. The van der Waals surface area contributed by atoms with Crippen LogP contribution in [0.25, 0.3) is 5.69 Å². The van der Waals surface area contributed by atoms with Crippen LogP contribution in [0.5, 0.6) is 5.88 Å². The van der Waals surface area contributed by atoms with Gasteiger partial charge in [-0.25, -0.2) is 9.78 Å². The molecule has 2 aromatic heterocycles.